The van der Waals surface area contributed by atoms with Crippen LogP contribution < -0.4 is 15.4 Å². The molecule has 0 bridgehead atoms. The van der Waals surface area contributed by atoms with Gasteiger partial charge in [-0.05, 0) is 36.6 Å². The minimum absolute atomic E-state index is 0.0907. The minimum Gasteiger partial charge on any atom is -0.425 e. The molecule has 0 heterocycles. The molecule has 2 rings (SSSR count). The standard InChI is InChI=1S/C21H23FN2O4/c1-14(2)12-18(24-20(26)16-10-6-7-11-17(16)22)21(27)23-13-19(25)28-15-8-4-3-5-9-15/h3-11,14,18H,12-13H2,1-2H3,(H,23,27)(H,24,26)/t18-/m0/s1. The van der Waals surface area contributed by atoms with Gasteiger partial charge in [0.2, 0.25) is 5.91 Å². The fourth-order valence-electron chi connectivity index (χ4n) is 2.52. The summed E-state index contributed by atoms with van der Waals surface area (Å²) in [6.45, 7) is 3.43. The van der Waals surface area contributed by atoms with Crippen LogP contribution in [0.25, 0.3) is 0 Å². The zero-order chi connectivity index (χ0) is 20.5. The highest BCUT2D eigenvalue weighted by atomic mass is 19.1. The number of halogens is 1. The molecule has 7 heteroatoms. The summed E-state index contributed by atoms with van der Waals surface area (Å²) in [7, 11) is 0. The molecule has 6 nitrogen and oxygen atoms in total. The molecule has 0 saturated carbocycles. The molecule has 0 spiro atoms. The molecule has 2 aromatic carbocycles. The average Bonchev–Trinajstić information content (AvgIpc) is 2.66. The Balaban J connectivity index is 1.95. The Morgan fingerprint density at radius 3 is 2.29 bits per heavy atom. The van der Waals surface area contributed by atoms with Gasteiger partial charge in [0.15, 0.2) is 0 Å². The van der Waals surface area contributed by atoms with Gasteiger partial charge in [-0.3, -0.25) is 9.59 Å². The Morgan fingerprint density at radius 2 is 1.64 bits per heavy atom. The summed E-state index contributed by atoms with van der Waals surface area (Å²) >= 11 is 0. The van der Waals surface area contributed by atoms with Crippen molar-refractivity contribution >= 4 is 17.8 Å². The minimum atomic E-state index is -0.906. The van der Waals surface area contributed by atoms with Gasteiger partial charge in [0.1, 0.15) is 24.2 Å². The third-order valence-corrected chi connectivity index (χ3v) is 3.83. The van der Waals surface area contributed by atoms with E-state index in [1.165, 1.54) is 24.3 Å². The number of rotatable bonds is 8. The Bertz CT molecular complexity index is 824. The number of esters is 1. The summed E-state index contributed by atoms with van der Waals surface area (Å²) in [5.74, 6) is -2.08. The van der Waals surface area contributed by atoms with Gasteiger partial charge in [0.25, 0.3) is 5.91 Å². The van der Waals surface area contributed by atoms with E-state index in [2.05, 4.69) is 10.6 Å². The first-order chi connectivity index (χ1) is 13.4. The monoisotopic (exact) mass is 386 g/mol. The van der Waals surface area contributed by atoms with Crippen molar-refractivity contribution in [2.45, 2.75) is 26.3 Å². The first-order valence-electron chi connectivity index (χ1n) is 8.95. The molecular weight excluding hydrogens is 363 g/mol. The van der Waals surface area contributed by atoms with Crippen LogP contribution in [0, 0.1) is 11.7 Å². The average molecular weight is 386 g/mol. The lowest BCUT2D eigenvalue weighted by Gasteiger charge is -2.20. The molecule has 0 aromatic heterocycles. The van der Waals surface area contributed by atoms with E-state index in [0.29, 0.717) is 12.2 Å². The van der Waals surface area contributed by atoms with Crippen LogP contribution in [0.15, 0.2) is 54.6 Å². The van der Waals surface area contributed by atoms with E-state index in [1.54, 1.807) is 30.3 Å². The van der Waals surface area contributed by atoms with Gasteiger partial charge >= 0.3 is 5.97 Å². The van der Waals surface area contributed by atoms with E-state index in [9.17, 15) is 18.8 Å². The fourth-order valence-corrected chi connectivity index (χ4v) is 2.52. The van der Waals surface area contributed by atoms with Crippen molar-refractivity contribution in [3.63, 3.8) is 0 Å². The highest BCUT2D eigenvalue weighted by molar-refractivity contribution is 5.98. The van der Waals surface area contributed by atoms with Crippen molar-refractivity contribution in [2.75, 3.05) is 6.54 Å². The van der Waals surface area contributed by atoms with Gasteiger partial charge in [-0.2, -0.15) is 0 Å². The van der Waals surface area contributed by atoms with E-state index >= 15 is 0 Å². The molecule has 1 atom stereocenters. The lowest BCUT2D eigenvalue weighted by atomic mass is 10.0. The van der Waals surface area contributed by atoms with Crippen LogP contribution in [0.1, 0.15) is 30.6 Å². The number of nitrogens with one attached hydrogen (secondary N) is 2. The fraction of sp³-hybridized carbons (Fsp3) is 0.286. The van der Waals surface area contributed by atoms with Gasteiger partial charge in [0, 0.05) is 0 Å². The van der Waals surface area contributed by atoms with Gasteiger partial charge in [-0.25, -0.2) is 9.18 Å². The summed E-state index contributed by atoms with van der Waals surface area (Å²) in [6, 6.07) is 13.1. The third kappa shape index (κ3) is 6.50. The molecular formula is C21H23FN2O4. The quantitative estimate of drug-likeness (QED) is 0.540. The maximum atomic E-state index is 13.8. The first-order valence-corrected chi connectivity index (χ1v) is 8.95. The number of carbonyl (C=O) groups is 3. The van der Waals surface area contributed by atoms with E-state index in [4.69, 9.17) is 4.74 Å². The van der Waals surface area contributed by atoms with Crippen LogP contribution in [0.3, 0.4) is 0 Å². The Hall–Kier alpha value is -3.22. The summed E-state index contributed by atoms with van der Waals surface area (Å²) in [5.41, 5.74) is -0.146. The van der Waals surface area contributed by atoms with Crippen LogP contribution in [0.4, 0.5) is 4.39 Å². The number of para-hydroxylation sites is 1. The first kappa shape index (κ1) is 21.1. The number of carbonyl (C=O) groups excluding carboxylic acids is 3. The Kier molecular flexibility index (Phi) is 7.68. The second-order valence-electron chi connectivity index (χ2n) is 6.64. The smallest absolute Gasteiger partial charge is 0.330 e. The van der Waals surface area contributed by atoms with Crippen molar-refractivity contribution in [3.8, 4) is 5.75 Å². The second-order valence-corrected chi connectivity index (χ2v) is 6.64. The SMILES string of the molecule is CC(C)C[C@H](NC(=O)c1ccccc1F)C(=O)NCC(=O)Oc1ccccc1. The van der Waals surface area contributed by atoms with Crippen molar-refractivity contribution < 1.29 is 23.5 Å². The van der Waals surface area contributed by atoms with Gasteiger partial charge in [0.05, 0.1) is 5.56 Å². The number of amides is 2. The number of hydrogen-bond donors (Lipinski definition) is 2. The summed E-state index contributed by atoms with van der Waals surface area (Å²) in [4.78, 5) is 36.7. The summed E-state index contributed by atoms with van der Waals surface area (Å²) in [5, 5.41) is 4.99. The molecule has 148 valence electrons. The maximum absolute atomic E-state index is 13.8. The van der Waals surface area contributed by atoms with Crippen LogP contribution in [0.2, 0.25) is 0 Å². The summed E-state index contributed by atoms with van der Waals surface area (Å²) in [6.07, 6.45) is 0.333. The Labute approximate surface area is 163 Å². The predicted octanol–water partition coefficient (Wildman–Crippen LogP) is 2.69. The largest absolute Gasteiger partial charge is 0.425 e. The van der Waals surface area contributed by atoms with Crippen molar-refractivity contribution in [2.24, 2.45) is 5.92 Å². The molecule has 2 N–H and O–H groups in total. The predicted molar refractivity (Wildman–Crippen MR) is 102 cm³/mol. The number of ether oxygens (including phenoxy) is 1. The molecule has 2 aromatic rings. The maximum Gasteiger partial charge on any atom is 0.330 e. The normalized spacial score (nSPS) is 11.6. The lowest BCUT2D eigenvalue weighted by Crippen LogP contribution is -2.49. The Morgan fingerprint density at radius 1 is 1.00 bits per heavy atom. The molecule has 28 heavy (non-hydrogen) atoms. The van der Waals surface area contributed by atoms with Crippen LogP contribution >= 0.6 is 0 Å². The highest BCUT2D eigenvalue weighted by Crippen LogP contribution is 2.10. The van der Waals surface area contributed by atoms with Gasteiger partial charge in [-0.1, -0.05) is 44.2 Å². The topological polar surface area (TPSA) is 84.5 Å². The molecule has 2 amide bonds. The second kappa shape index (κ2) is 10.2. The van der Waals surface area contributed by atoms with Crippen molar-refractivity contribution in [1.82, 2.24) is 10.6 Å². The van der Waals surface area contributed by atoms with Crippen molar-refractivity contribution in [1.29, 1.82) is 0 Å². The molecule has 0 unspecified atom stereocenters. The van der Waals surface area contributed by atoms with Crippen LogP contribution in [0.5, 0.6) is 5.75 Å². The van der Waals surface area contributed by atoms with E-state index in [-0.39, 0.29) is 18.0 Å². The van der Waals surface area contributed by atoms with E-state index < -0.39 is 29.6 Å². The van der Waals surface area contributed by atoms with Crippen LogP contribution in [-0.4, -0.2) is 30.4 Å². The van der Waals surface area contributed by atoms with Crippen molar-refractivity contribution in [3.05, 3.63) is 66.0 Å². The van der Waals surface area contributed by atoms with E-state index in [1.807, 2.05) is 13.8 Å². The van der Waals surface area contributed by atoms with Gasteiger partial charge in [-0.15, -0.1) is 0 Å². The number of benzene rings is 2. The molecule has 0 aliphatic carbocycles. The molecule has 0 saturated heterocycles. The zero-order valence-electron chi connectivity index (χ0n) is 15.8. The molecule has 0 aliphatic rings. The lowest BCUT2D eigenvalue weighted by molar-refractivity contribution is -0.136. The zero-order valence-corrected chi connectivity index (χ0v) is 15.8. The third-order valence-electron chi connectivity index (χ3n) is 3.83. The molecule has 0 radical (unpaired) electrons. The molecule has 0 aliphatic heterocycles. The number of hydrogen-bond acceptors (Lipinski definition) is 4. The molecule has 0 fully saturated rings. The van der Waals surface area contributed by atoms with Gasteiger partial charge < -0.3 is 15.4 Å². The van der Waals surface area contributed by atoms with Crippen LogP contribution in [-0.2, 0) is 9.59 Å². The highest BCUT2D eigenvalue weighted by Gasteiger charge is 2.24. The summed E-state index contributed by atoms with van der Waals surface area (Å²) < 4.78 is 18.9. The van der Waals surface area contributed by atoms with E-state index in [0.717, 1.165) is 0 Å².